The third-order valence-electron chi connectivity index (χ3n) is 6.54. The minimum atomic E-state index is -0.523. The first-order chi connectivity index (χ1) is 15.5. The lowest BCUT2D eigenvalue weighted by Gasteiger charge is -2.19. The molecule has 1 saturated heterocycles. The zero-order valence-electron chi connectivity index (χ0n) is 17.3. The van der Waals surface area contributed by atoms with Crippen molar-refractivity contribution in [3.8, 4) is 11.8 Å². The normalized spacial score (nSPS) is 19.2. The molecular weight excluding hydrogens is 416 g/mol. The molecule has 0 bridgehead atoms. The van der Waals surface area contributed by atoms with Crippen molar-refractivity contribution in [2.75, 3.05) is 30.4 Å². The van der Waals surface area contributed by atoms with E-state index in [1.165, 1.54) is 24.4 Å². The number of halogens is 2. The largest absolute Gasteiger partial charge is 0.422 e. The summed E-state index contributed by atoms with van der Waals surface area (Å²) in [6.45, 7) is 1.40. The number of hydrogen-bond donors (Lipinski definition) is 3. The van der Waals surface area contributed by atoms with Crippen LogP contribution < -0.4 is 20.7 Å². The van der Waals surface area contributed by atoms with Crippen LogP contribution in [0.15, 0.2) is 30.6 Å². The van der Waals surface area contributed by atoms with Gasteiger partial charge in [-0.05, 0) is 25.0 Å². The molecule has 2 aliphatic rings. The Kier molecular flexibility index (Phi) is 4.03. The van der Waals surface area contributed by atoms with Crippen LogP contribution in [0.25, 0.3) is 21.9 Å². The standard InChI is InChI=1S/C22H21F2N7O/c1-26-15-6-11(23)5-14-17-19(28-18(14)15)29-21(32-13-4-12(24)7-27-8-13)30-20(17)31-9-16(25)22(10-31)2-3-22/h4-8,16,26H,2-3,9-10,25H2,1H3,(H,28,29,30)/t16-/m0/s1. The zero-order valence-corrected chi connectivity index (χ0v) is 17.3. The molecule has 1 aliphatic heterocycles. The number of hydrogen-bond acceptors (Lipinski definition) is 7. The monoisotopic (exact) mass is 437 g/mol. The van der Waals surface area contributed by atoms with Gasteiger partial charge < -0.3 is 25.7 Å². The van der Waals surface area contributed by atoms with Crippen LogP contribution in [0.4, 0.5) is 20.3 Å². The van der Waals surface area contributed by atoms with Crippen LogP contribution in [0.1, 0.15) is 12.8 Å². The number of aromatic nitrogens is 4. The molecule has 1 saturated carbocycles. The Morgan fingerprint density at radius 1 is 1.19 bits per heavy atom. The minimum absolute atomic E-state index is 0.0408. The lowest BCUT2D eigenvalue weighted by atomic mass is 10.0. The lowest BCUT2D eigenvalue weighted by molar-refractivity contribution is 0.437. The molecule has 32 heavy (non-hydrogen) atoms. The fourth-order valence-corrected chi connectivity index (χ4v) is 4.69. The van der Waals surface area contributed by atoms with Crippen LogP contribution in [-0.4, -0.2) is 46.1 Å². The van der Waals surface area contributed by atoms with Crippen molar-refractivity contribution >= 4 is 33.4 Å². The molecular formula is C22H21F2N7O. The van der Waals surface area contributed by atoms with Gasteiger partial charge in [-0.25, -0.2) is 8.78 Å². The predicted octanol–water partition coefficient (Wildman–Crippen LogP) is 3.55. The number of pyridine rings is 1. The first-order valence-corrected chi connectivity index (χ1v) is 10.5. The SMILES string of the molecule is CNc1cc(F)cc2c1[nH]c1nc(Oc3cncc(F)c3)nc(N3C[C@H](N)C4(CC4)C3)c12. The molecule has 1 atom stereocenters. The molecule has 3 aromatic heterocycles. The van der Waals surface area contributed by atoms with E-state index >= 15 is 0 Å². The Morgan fingerprint density at radius 2 is 2.03 bits per heavy atom. The molecule has 0 radical (unpaired) electrons. The van der Waals surface area contributed by atoms with Gasteiger partial charge in [0, 0.05) is 43.0 Å². The highest BCUT2D eigenvalue weighted by Crippen LogP contribution is 2.53. The zero-order chi connectivity index (χ0) is 22.0. The van der Waals surface area contributed by atoms with Crippen LogP contribution in [0.5, 0.6) is 11.8 Å². The van der Waals surface area contributed by atoms with Crippen molar-refractivity contribution in [2.45, 2.75) is 18.9 Å². The number of nitrogens with one attached hydrogen (secondary N) is 2. The lowest BCUT2D eigenvalue weighted by Crippen LogP contribution is -2.30. The minimum Gasteiger partial charge on any atom is -0.422 e. The molecule has 1 spiro atoms. The number of aromatic amines is 1. The fraction of sp³-hybridized carbons (Fsp3) is 0.318. The van der Waals surface area contributed by atoms with Gasteiger partial charge >= 0.3 is 6.01 Å². The van der Waals surface area contributed by atoms with Gasteiger partial charge in [-0.3, -0.25) is 4.98 Å². The van der Waals surface area contributed by atoms with E-state index in [0.29, 0.717) is 40.0 Å². The number of fused-ring (bicyclic) bond motifs is 3. The summed E-state index contributed by atoms with van der Waals surface area (Å²) in [7, 11) is 1.73. The van der Waals surface area contributed by atoms with E-state index in [1.54, 1.807) is 7.05 Å². The van der Waals surface area contributed by atoms with Crippen molar-refractivity contribution in [2.24, 2.45) is 11.1 Å². The van der Waals surface area contributed by atoms with Crippen molar-refractivity contribution in [3.05, 3.63) is 42.2 Å². The highest BCUT2D eigenvalue weighted by molar-refractivity contribution is 6.14. The number of nitrogens with two attached hydrogens (primary N) is 1. The van der Waals surface area contributed by atoms with Gasteiger partial charge in [0.2, 0.25) is 0 Å². The summed E-state index contributed by atoms with van der Waals surface area (Å²) >= 11 is 0. The second-order valence-corrected chi connectivity index (χ2v) is 8.59. The van der Waals surface area contributed by atoms with Crippen LogP contribution in [0.2, 0.25) is 0 Å². The maximum atomic E-state index is 14.4. The molecule has 8 nitrogen and oxygen atoms in total. The molecule has 0 amide bonds. The number of benzene rings is 1. The molecule has 2 fully saturated rings. The highest BCUT2D eigenvalue weighted by Gasteiger charge is 2.54. The maximum Gasteiger partial charge on any atom is 0.326 e. The smallest absolute Gasteiger partial charge is 0.326 e. The number of nitrogens with zero attached hydrogens (tertiary/aromatic N) is 4. The fourth-order valence-electron chi connectivity index (χ4n) is 4.69. The molecule has 1 aliphatic carbocycles. The summed E-state index contributed by atoms with van der Waals surface area (Å²) in [5.41, 5.74) is 8.37. The Morgan fingerprint density at radius 3 is 2.75 bits per heavy atom. The molecule has 1 aromatic carbocycles. The van der Waals surface area contributed by atoms with E-state index in [1.807, 2.05) is 0 Å². The summed E-state index contributed by atoms with van der Waals surface area (Å²) in [6, 6.07) is 4.19. The molecule has 0 unspecified atom stereocenters. The van der Waals surface area contributed by atoms with Gasteiger partial charge in [-0.2, -0.15) is 9.97 Å². The summed E-state index contributed by atoms with van der Waals surface area (Å²) < 4.78 is 33.7. The summed E-state index contributed by atoms with van der Waals surface area (Å²) in [5, 5.41) is 4.39. The molecule has 4 heterocycles. The average Bonchev–Trinajstić information content (AvgIpc) is 3.35. The summed E-state index contributed by atoms with van der Waals surface area (Å²) in [4.78, 5) is 18.4. The second-order valence-electron chi connectivity index (χ2n) is 8.59. The van der Waals surface area contributed by atoms with Crippen LogP contribution in [-0.2, 0) is 0 Å². The molecule has 6 rings (SSSR count). The number of ether oxygens (including phenoxy) is 1. The van der Waals surface area contributed by atoms with Gasteiger partial charge in [0.1, 0.15) is 23.1 Å². The Hall–Kier alpha value is -3.53. The van der Waals surface area contributed by atoms with Gasteiger partial charge in [-0.15, -0.1) is 0 Å². The Labute approximate surface area is 181 Å². The van der Waals surface area contributed by atoms with E-state index in [9.17, 15) is 8.78 Å². The van der Waals surface area contributed by atoms with E-state index in [2.05, 4.69) is 30.2 Å². The Bertz CT molecular complexity index is 1370. The van der Waals surface area contributed by atoms with Crippen molar-refractivity contribution in [1.82, 2.24) is 19.9 Å². The van der Waals surface area contributed by atoms with E-state index in [-0.39, 0.29) is 29.0 Å². The Balaban J connectivity index is 1.55. The van der Waals surface area contributed by atoms with Gasteiger partial charge in [0.05, 0.1) is 29.0 Å². The second kappa shape index (κ2) is 6.73. The van der Waals surface area contributed by atoms with Crippen molar-refractivity contribution in [3.63, 3.8) is 0 Å². The van der Waals surface area contributed by atoms with Gasteiger partial charge in [0.15, 0.2) is 5.75 Å². The van der Waals surface area contributed by atoms with Crippen molar-refractivity contribution < 1.29 is 13.5 Å². The molecule has 164 valence electrons. The van der Waals surface area contributed by atoms with E-state index in [4.69, 9.17) is 10.5 Å². The average molecular weight is 437 g/mol. The van der Waals surface area contributed by atoms with Crippen LogP contribution >= 0.6 is 0 Å². The first kappa shape index (κ1) is 19.2. The maximum absolute atomic E-state index is 14.4. The van der Waals surface area contributed by atoms with Gasteiger partial charge in [-0.1, -0.05) is 0 Å². The number of anilines is 2. The molecule has 10 heteroatoms. The summed E-state index contributed by atoms with van der Waals surface area (Å²) in [6.07, 6.45) is 4.66. The summed E-state index contributed by atoms with van der Waals surface area (Å²) in [5.74, 6) is -0.0842. The predicted molar refractivity (Wildman–Crippen MR) is 117 cm³/mol. The van der Waals surface area contributed by atoms with Crippen LogP contribution in [0, 0.1) is 17.0 Å². The number of rotatable bonds is 4. The quantitative estimate of drug-likeness (QED) is 0.448. The topological polar surface area (TPSA) is 105 Å². The highest BCUT2D eigenvalue weighted by atomic mass is 19.1. The van der Waals surface area contributed by atoms with Crippen molar-refractivity contribution in [1.29, 1.82) is 0 Å². The van der Waals surface area contributed by atoms with E-state index < -0.39 is 5.82 Å². The third-order valence-corrected chi connectivity index (χ3v) is 6.54. The molecule has 4 aromatic rings. The molecule has 4 N–H and O–H groups in total. The third kappa shape index (κ3) is 2.94. The van der Waals surface area contributed by atoms with E-state index in [0.717, 1.165) is 25.6 Å². The van der Waals surface area contributed by atoms with Crippen LogP contribution in [0.3, 0.4) is 0 Å². The number of H-pyrrole nitrogens is 1. The van der Waals surface area contributed by atoms with Gasteiger partial charge in [0.25, 0.3) is 0 Å². The first-order valence-electron chi connectivity index (χ1n) is 10.5.